The number of amides is 2. The summed E-state index contributed by atoms with van der Waals surface area (Å²) >= 11 is 0. The van der Waals surface area contributed by atoms with Crippen molar-refractivity contribution in [2.45, 2.75) is 26.8 Å². The van der Waals surface area contributed by atoms with Crippen molar-refractivity contribution in [1.29, 1.82) is 0 Å². The molecule has 0 saturated heterocycles. The third-order valence-electron chi connectivity index (χ3n) is 5.14. The van der Waals surface area contributed by atoms with Gasteiger partial charge in [-0.15, -0.1) is 0 Å². The molecule has 27 heavy (non-hydrogen) atoms. The van der Waals surface area contributed by atoms with Crippen molar-refractivity contribution in [3.05, 3.63) is 65.9 Å². The number of carbonyl (C=O) groups excluding carboxylic acids is 2. The Hall–Kier alpha value is -3.21. The van der Waals surface area contributed by atoms with Gasteiger partial charge in [-0.1, -0.05) is 26.0 Å². The van der Waals surface area contributed by atoms with E-state index < -0.39 is 0 Å². The summed E-state index contributed by atoms with van der Waals surface area (Å²) < 4.78 is 0. The first-order valence-corrected chi connectivity index (χ1v) is 9.17. The van der Waals surface area contributed by atoms with E-state index in [1.807, 2.05) is 56.3 Å². The Morgan fingerprint density at radius 2 is 2.07 bits per heavy atom. The zero-order valence-corrected chi connectivity index (χ0v) is 15.4. The molecular weight excluding hydrogens is 338 g/mol. The van der Waals surface area contributed by atoms with Gasteiger partial charge in [0.15, 0.2) is 0 Å². The van der Waals surface area contributed by atoms with Crippen LogP contribution >= 0.6 is 0 Å². The van der Waals surface area contributed by atoms with Gasteiger partial charge in [-0.25, -0.2) is 0 Å². The van der Waals surface area contributed by atoms with Crippen molar-refractivity contribution >= 4 is 34.1 Å². The van der Waals surface area contributed by atoms with Gasteiger partial charge in [0, 0.05) is 34.4 Å². The van der Waals surface area contributed by atoms with Crippen molar-refractivity contribution in [3.63, 3.8) is 0 Å². The lowest BCUT2D eigenvalue weighted by atomic mass is 10.1. The summed E-state index contributed by atoms with van der Waals surface area (Å²) in [6.07, 6.45) is 2.54. The molecule has 0 bridgehead atoms. The average Bonchev–Trinajstić information content (AvgIpc) is 3.03. The Labute approximate surface area is 158 Å². The molecule has 1 N–H and O–H groups in total. The SMILES string of the molecule is CCC(C)C(=O)Nc1ccc2c(c1)C(=O)N(c1ccc3ncccc3c1)C2. The Balaban J connectivity index is 1.60. The van der Waals surface area contributed by atoms with Gasteiger partial charge < -0.3 is 10.2 Å². The smallest absolute Gasteiger partial charge is 0.259 e. The normalized spacial score (nSPS) is 14.3. The quantitative estimate of drug-likeness (QED) is 0.752. The highest BCUT2D eigenvalue weighted by Crippen LogP contribution is 2.31. The van der Waals surface area contributed by atoms with E-state index in [1.165, 1.54) is 0 Å². The third-order valence-corrected chi connectivity index (χ3v) is 5.14. The number of anilines is 2. The van der Waals surface area contributed by atoms with Crippen LogP contribution in [0.2, 0.25) is 0 Å². The fraction of sp³-hybridized carbons (Fsp3) is 0.227. The predicted octanol–water partition coefficient (Wildman–Crippen LogP) is 4.38. The fourth-order valence-electron chi connectivity index (χ4n) is 3.27. The Morgan fingerprint density at radius 1 is 1.22 bits per heavy atom. The summed E-state index contributed by atoms with van der Waals surface area (Å²) in [6, 6.07) is 15.3. The van der Waals surface area contributed by atoms with Crippen molar-refractivity contribution in [2.24, 2.45) is 5.92 Å². The van der Waals surface area contributed by atoms with Crippen LogP contribution in [0.25, 0.3) is 10.9 Å². The van der Waals surface area contributed by atoms with Gasteiger partial charge in [-0.3, -0.25) is 14.6 Å². The zero-order chi connectivity index (χ0) is 19.0. The molecule has 0 radical (unpaired) electrons. The molecule has 0 spiro atoms. The van der Waals surface area contributed by atoms with Crippen molar-refractivity contribution < 1.29 is 9.59 Å². The number of fused-ring (bicyclic) bond motifs is 2. The van der Waals surface area contributed by atoms with Crippen molar-refractivity contribution in [1.82, 2.24) is 4.98 Å². The minimum atomic E-state index is -0.0586. The summed E-state index contributed by atoms with van der Waals surface area (Å²) in [5.74, 6) is -0.133. The molecule has 136 valence electrons. The molecule has 2 aromatic carbocycles. The molecule has 1 aliphatic rings. The van der Waals surface area contributed by atoms with E-state index >= 15 is 0 Å². The summed E-state index contributed by atoms with van der Waals surface area (Å²) in [6.45, 7) is 4.40. The Morgan fingerprint density at radius 3 is 2.89 bits per heavy atom. The Kier molecular flexibility index (Phi) is 4.36. The first-order chi connectivity index (χ1) is 13.1. The number of carbonyl (C=O) groups is 2. The van der Waals surface area contributed by atoms with Crippen LogP contribution in [0.3, 0.4) is 0 Å². The molecule has 1 unspecified atom stereocenters. The van der Waals surface area contributed by atoms with Crippen LogP contribution in [0.5, 0.6) is 0 Å². The molecule has 0 saturated carbocycles. The maximum absolute atomic E-state index is 13.0. The minimum absolute atomic E-state index is 0.0261. The van der Waals surface area contributed by atoms with Crippen LogP contribution in [0.15, 0.2) is 54.7 Å². The second kappa shape index (κ2) is 6.83. The lowest BCUT2D eigenvalue weighted by Crippen LogP contribution is -2.23. The van der Waals surface area contributed by atoms with E-state index in [2.05, 4.69) is 10.3 Å². The number of aromatic nitrogens is 1. The molecule has 5 nitrogen and oxygen atoms in total. The first-order valence-electron chi connectivity index (χ1n) is 9.17. The maximum Gasteiger partial charge on any atom is 0.259 e. The van der Waals surface area contributed by atoms with Crippen LogP contribution in [0.1, 0.15) is 36.2 Å². The van der Waals surface area contributed by atoms with Gasteiger partial charge >= 0.3 is 0 Å². The predicted molar refractivity (Wildman–Crippen MR) is 107 cm³/mol. The maximum atomic E-state index is 13.0. The summed E-state index contributed by atoms with van der Waals surface area (Å²) in [4.78, 5) is 31.2. The standard InChI is InChI=1S/C22H21N3O2/c1-3-14(2)21(26)24-17-7-6-16-13-25(22(27)19(16)12-17)18-8-9-20-15(11-18)5-4-10-23-20/h4-12,14H,3,13H2,1-2H3,(H,24,26). The number of pyridine rings is 1. The van der Waals surface area contributed by atoms with E-state index in [9.17, 15) is 9.59 Å². The van der Waals surface area contributed by atoms with E-state index in [0.29, 0.717) is 17.8 Å². The molecule has 5 heteroatoms. The molecule has 1 aromatic heterocycles. The van der Waals surface area contributed by atoms with E-state index in [4.69, 9.17) is 0 Å². The van der Waals surface area contributed by atoms with Crippen molar-refractivity contribution in [3.8, 4) is 0 Å². The second-order valence-corrected chi connectivity index (χ2v) is 6.94. The molecular formula is C22H21N3O2. The van der Waals surface area contributed by atoms with E-state index in [-0.39, 0.29) is 17.7 Å². The minimum Gasteiger partial charge on any atom is -0.326 e. The van der Waals surface area contributed by atoms with Gasteiger partial charge in [-0.05, 0) is 48.4 Å². The number of benzene rings is 2. The lowest BCUT2D eigenvalue weighted by Gasteiger charge is -2.16. The lowest BCUT2D eigenvalue weighted by molar-refractivity contribution is -0.119. The number of rotatable bonds is 4. The highest BCUT2D eigenvalue weighted by Gasteiger charge is 2.29. The fourth-order valence-corrected chi connectivity index (χ4v) is 3.27. The van der Waals surface area contributed by atoms with Crippen molar-refractivity contribution in [2.75, 3.05) is 10.2 Å². The van der Waals surface area contributed by atoms with Gasteiger partial charge in [0.05, 0.1) is 12.1 Å². The third kappa shape index (κ3) is 3.16. The molecule has 0 aliphatic carbocycles. The van der Waals surface area contributed by atoms with Crippen LogP contribution in [0, 0.1) is 5.92 Å². The summed E-state index contributed by atoms with van der Waals surface area (Å²) in [5, 5.41) is 3.90. The summed E-state index contributed by atoms with van der Waals surface area (Å²) in [7, 11) is 0. The molecule has 2 amide bonds. The van der Waals surface area contributed by atoms with Crippen LogP contribution < -0.4 is 10.2 Å². The van der Waals surface area contributed by atoms with Crippen LogP contribution in [-0.2, 0) is 11.3 Å². The van der Waals surface area contributed by atoms with Gasteiger partial charge in [0.2, 0.25) is 5.91 Å². The van der Waals surface area contributed by atoms with Gasteiger partial charge in [-0.2, -0.15) is 0 Å². The number of nitrogens with zero attached hydrogens (tertiary/aromatic N) is 2. The van der Waals surface area contributed by atoms with E-state index in [1.54, 1.807) is 17.2 Å². The second-order valence-electron chi connectivity index (χ2n) is 6.94. The van der Waals surface area contributed by atoms with Crippen LogP contribution in [-0.4, -0.2) is 16.8 Å². The molecule has 1 aliphatic heterocycles. The topological polar surface area (TPSA) is 62.3 Å². The zero-order valence-electron chi connectivity index (χ0n) is 15.4. The Bertz CT molecular complexity index is 1040. The molecule has 0 fully saturated rings. The monoisotopic (exact) mass is 359 g/mol. The number of hydrogen-bond acceptors (Lipinski definition) is 3. The van der Waals surface area contributed by atoms with Crippen LogP contribution in [0.4, 0.5) is 11.4 Å². The molecule has 3 aromatic rings. The number of hydrogen-bond donors (Lipinski definition) is 1. The largest absolute Gasteiger partial charge is 0.326 e. The van der Waals surface area contributed by atoms with E-state index in [0.717, 1.165) is 28.6 Å². The first kappa shape index (κ1) is 17.2. The average molecular weight is 359 g/mol. The molecule has 4 rings (SSSR count). The highest BCUT2D eigenvalue weighted by molar-refractivity contribution is 6.11. The highest BCUT2D eigenvalue weighted by atomic mass is 16.2. The molecule has 2 heterocycles. The number of nitrogens with one attached hydrogen (secondary N) is 1. The van der Waals surface area contributed by atoms with Gasteiger partial charge in [0.25, 0.3) is 5.91 Å². The van der Waals surface area contributed by atoms with Gasteiger partial charge in [0.1, 0.15) is 0 Å². The molecule has 1 atom stereocenters. The summed E-state index contributed by atoms with van der Waals surface area (Å²) in [5.41, 5.74) is 4.02.